The second-order valence-electron chi connectivity index (χ2n) is 33.3. The molecule has 0 spiro atoms. The zero-order valence-electron chi connectivity index (χ0n) is 70.7. The van der Waals surface area contributed by atoms with E-state index in [-0.39, 0.29) is 41.9 Å². The number of fused-ring (bicyclic) bond motifs is 6. The Morgan fingerprint density at radius 1 is 0.709 bits per heavy atom. The van der Waals surface area contributed by atoms with Crippen LogP contribution in [-0.2, 0) is 58.8 Å². The van der Waals surface area contributed by atoms with Crippen LogP contribution < -0.4 is 35.5 Å². The van der Waals surface area contributed by atoms with Crippen molar-refractivity contribution in [2.75, 3.05) is 79.4 Å². The summed E-state index contributed by atoms with van der Waals surface area (Å²) in [5.41, 5.74) is 5.50. The molecule has 0 radical (unpaired) electrons. The molecule has 1 saturated carbocycles. The van der Waals surface area contributed by atoms with Crippen molar-refractivity contribution in [1.29, 1.82) is 0 Å². The first-order valence-corrected chi connectivity index (χ1v) is 44.5. The van der Waals surface area contributed by atoms with E-state index >= 15 is 14.4 Å². The second kappa shape index (κ2) is 44.3. The summed E-state index contributed by atoms with van der Waals surface area (Å²) in [5.74, 6) is -9.88. The Hall–Kier alpha value is -10.0. The Morgan fingerprint density at radius 2 is 1.37 bits per heavy atom. The van der Waals surface area contributed by atoms with Crippen LogP contribution in [0.2, 0.25) is 0 Å². The summed E-state index contributed by atoms with van der Waals surface area (Å²) in [6.07, 6.45) is -1.75. The van der Waals surface area contributed by atoms with Crippen molar-refractivity contribution < 1.29 is 122 Å². The number of carbonyl (C=O) groups excluding carboxylic acids is 8. The van der Waals surface area contributed by atoms with Gasteiger partial charge in [0.25, 0.3) is 18.2 Å². The van der Waals surface area contributed by atoms with Crippen LogP contribution in [0.5, 0.6) is 17.2 Å². The minimum atomic E-state index is -2.28. The van der Waals surface area contributed by atoms with Crippen LogP contribution in [0.4, 0.5) is 4.79 Å². The van der Waals surface area contributed by atoms with E-state index in [1.165, 1.54) is 49.3 Å². The summed E-state index contributed by atoms with van der Waals surface area (Å²) < 4.78 is 35.0. The minimum absolute atomic E-state index is 0.0127. The first-order valence-electron chi connectivity index (χ1n) is 43.0. The van der Waals surface area contributed by atoms with Gasteiger partial charge in [0.1, 0.15) is 59.7 Å². The Morgan fingerprint density at radius 3 is 2.04 bits per heavy atom. The van der Waals surface area contributed by atoms with Gasteiger partial charge in [0.15, 0.2) is 11.5 Å². The lowest BCUT2D eigenvalue weighted by molar-refractivity contribution is -0.433. The summed E-state index contributed by atoms with van der Waals surface area (Å²) >= 11 is 1.41. The lowest BCUT2D eigenvalue weighted by Crippen LogP contribution is -2.64. The van der Waals surface area contributed by atoms with E-state index < -0.39 is 209 Å². The number of amides is 8. The fraction of sp³-hybridized carbons (Fsp3) is 0.523. The summed E-state index contributed by atoms with van der Waals surface area (Å²) in [4.78, 5) is 130. The van der Waals surface area contributed by atoms with E-state index in [4.69, 9.17) is 38.5 Å². The number of aliphatic hydroxyl groups excluding tert-OH is 8. The number of nitrogens with zero attached hydrogens (tertiary/aromatic N) is 7. The number of phenolic OH excluding ortho intramolecular Hbond substituents is 1. The van der Waals surface area contributed by atoms with Crippen LogP contribution in [0.1, 0.15) is 130 Å². The van der Waals surface area contributed by atoms with Gasteiger partial charge in [0.05, 0.1) is 73.9 Å². The first kappa shape index (κ1) is 94.6. The van der Waals surface area contributed by atoms with Gasteiger partial charge in [-0.05, 0) is 141 Å². The summed E-state index contributed by atoms with van der Waals surface area (Å²) in [5, 5.41) is 133. The molecule has 5 fully saturated rings. The molecule has 2 aliphatic carbocycles. The number of benzene rings is 5. The number of imidazole rings is 1. The van der Waals surface area contributed by atoms with Crippen molar-refractivity contribution in [2.45, 2.75) is 207 Å². The smallest absolute Gasteiger partial charge is 0.410 e. The number of aromatic hydroxyl groups is 1. The van der Waals surface area contributed by atoms with Crippen LogP contribution in [-0.4, -0.2) is 309 Å². The number of hydrogen-bond acceptors (Lipinski definition) is 30. The highest BCUT2D eigenvalue weighted by Gasteiger charge is 2.51. The number of carbonyl (C=O) groups is 8. The van der Waals surface area contributed by atoms with Gasteiger partial charge in [0, 0.05) is 113 Å². The maximum atomic E-state index is 15.6. The van der Waals surface area contributed by atoms with Gasteiger partial charge < -0.3 is 115 Å². The molecule has 39 heteroatoms. The quantitative estimate of drug-likeness (QED) is 0.0124. The number of nitrogens with one attached hydrogen (secondary N) is 5. The lowest BCUT2D eigenvalue weighted by Gasteiger charge is -2.40. The van der Waals surface area contributed by atoms with Gasteiger partial charge in [-0.2, -0.15) is 5.10 Å². The third-order valence-corrected chi connectivity index (χ3v) is 26.0. The highest BCUT2D eigenvalue weighted by molar-refractivity contribution is 7.90. The van der Waals surface area contributed by atoms with Crippen molar-refractivity contribution in [3.05, 3.63) is 144 Å². The number of ether oxygens (including phenoxy) is 4. The highest BCUT2D eigenvalue weighted by atomic mass is 32.2. The number of phenols is 1. The van der Waals surface area contributed by atoms with E-state index in [1.807, 2.05) is 72.8 Å². The molecule has 13 rings (SSSR count). The summed E-state index contributed by atoms with van der Waals surface area (Å²) in [6, 6.07) is 19.6. The second-order valence-corrected chi connectivity index (χ2v) is 34.7. The normalized spacial score (nSPS) is 24.5. The molecule has 13 atom stereocenters. The van der Waals surface area contributed by atoms with E-state index in [0.29, 0.717) is 33.4 Å². The molecule has 686 valence electrons. The molecule has 6 heterocycles. The minimum Gasteiger partial charge on any atom is -0.504 e. The SMILES string of the molecule is COCCCCCCOC1CCC(N2CCC(Oc3ccc(-c4nn5cc(-c6ccc(C(=O)NC7C[C@@H](O)CNC(=O)[C@@H]8[C@@H](O)[C@@H](C)CN8C(=O)[C@H]([C@H](O)CCN(C(=O)OCC8c9ccccc9-c9ccccc98)C(CO)CO)NC(=O)[C@H]([C@H](O)Cc8ccc(O)c(OSOOO)c8)NC(=O)[C@@H]8C[C@@H](O)CN8C(=O)[C@H]([C@@H](C)O)NC7=O)cc6)nc5s4)cc3)CC2)CC1. The van der Waals surface area contributed by atoms with E-state index in [1.54, 1.807) is 30.0 Å². The molecule has 2 aromatic heterocycles. The number of rotatable bonds is 32. The molecule has 6 aliphatic rings. The molecule has 7 aromatic rings. The molecule has 127 heavy (non-hydrogen) atoms. The Balaban J connectivity index is 0.711. The summed E-state index contributed by atoms with van der Waals surface area (Å²) in [6.45, 7) is 1.80. The molecular weight excluding hydrogens is 1690 g/mol. The highest BCUT2D eigenvalue weighted by Crippen LogP contribution is 2.45. The number of β-amino-alcohol motifs (C(OH)–C–C–N with tert-alkyl or cyclic N) is 1. The zero-order valence-corrected chi connectivity index (χ0v) is 72.3. The van der Waals surface area contributed by atoms with E-state index in [2.05, 4.69) is 40.9 Å². The molecule has 5 aromatic carbocycles. The van der Waals surface area contributed by atoms with Gasteiger partial charge in [-0.1, -0.05) is 107 Å². The number of aliphatic hydroxyl groups is 8. The Bertz CT molecular complexity index is 4820. The number of hydrogen-bond donors (Lipinski definition) is 15. The number of unbranched alkanes of at least 4 members (excludes halogenated alkanes) is 3. The molecule has 15 N–H and O–H groups in total. The van der Waals surface area contributed by atoms with Gasteiger partial charge >= 0.3 is 6.09 Å². The maximum Gasteiger partial charge on any atom is 0.410 e. The van der Waals surface area contributed by atoms with Crippen LogP contribution in [0, 0.1) is 5.92 Å². The van der Waals surface area contributed by atoms with E-state index in [9.17, 15) is 69.9 Å². The monoisotopic (exact) mass is 1800 g/mol. The summed E-state index contributed by atoms with van der Waals surface area (Å²) in [7, 11) is 1.74. The molecule has 37 nitrogen and oxygen atoms in total. The van der Waals surface area contributed by atoms with Crippen molar-refractivity contribution in [1.82, 2.24) is 60.8 Å². The number of piperidine rings is 1. The first-order chi connectivity index (χ1) is 61.3. The molecule has 4 aliphatic heterocycles. The van der Waals surface area contributed by atoms with Crippen molar-refractivity contribution in [3.63, 3.8) is 0 Å². The van der Waals surface area contributed by atoms with Gasteiger partial charge in [-0.25, -0.2) is 19.6 Å². The predicted molar refractivity (Wildman–Crippen MR) is 460 cm³/mol. The fourth-order valence-electron chi connectivity index (χ4n) is 17.6. The third-order valence-electron chi connectivity index (χ3n) is 24.6. The molecule has 1 unspecified atom stereocenters. The van der Waals surface area contributed by atoms with Gasteiger partial charge in [0.2, 0.25) is 40.4 Å². The van der Waals surface area contributed by atoms with Crippen molar-refractivity contribution in [3.8, 4) is 50.2 Å². The third kappa shape index (κ3) is 23.3. The van der Waals surface area contributed by atoms with E-state index in [0.717, 1.165) is 145 Å². The standard InChI is InChI=1S/C88H112N12O25S2/c1-49-43-99-77(78(49)109)83(114)89-42-57(104)40-67(90-79(110)53-19-17-52(18-20-53)68-45-100-87(91-68)126-84(95-100)54-21-25-60(26-22-54)122-61-30-33-96(34-31-61)55-23-27-59(28-24-55)120-37-11-5-4-10-36-119-3)80(111)92-74(50(2)103)85(115)98-44-58(105)41-69(98)81(112)93-75(72(108)38-51-16-29-70(106)73(39-51)123-127-125-124-118)82(113)94-76(86(99)116)71(107)32-35-97(56(46-101)47-102)88(117)121-48-66-64-14-8-6-12-62(64)63-13-7-9-15-65(63)66/h6-9,12-22,25-26,29,39,45,49-50,55-59,61,66-67,69,71-72,74-78,101-109,118H,4-5,10-11,23-24,27-28,30-38,40-44,46-48H2,1-3H3,(H,89,114)(H,90,110)(H,92,111)(H,93,112)(H,94,113)/t49-,50+,55?,57+,58+,59?,67?,69-,71+,72+,74-,75-,76-,77-,78-/m0/s1. The predicted octanol–water partition coefficient (Wildman–Crippen LogP) is 3.51. The van der Waals surface area contributed by atoms with Crippen LogP contribution in [0.15, 0.2) is 121 Å². The van der Waals surface area contributed by atoms with Crippen molar-refractivity contribution >= 4 is 76.1 Å². The van der Waals surface area contributed by atoms with Crippen LogP contribution in [0.25, 0.3) is 37.9 Å². The molecule has 8 amide bonds. The zero-order chi connectivity index (χ0) is 90.1. The Kier molecular flexibility index (Phi) is 33.0. The lowest BCUT2D eigenvalue weighted by atomic mass is 9.90. The molecular formula is C88H112N12O25S2. The average molecular weight is 1800 g/mol. The number of likely N-dealkylation sites (tertiary alicyclic amines) is 1. The molecule has 0 bridgehead atoms. The van der Waals surface area contributed by atoms with Crippen LogP contribution in [0.3, 0.4) is 0 Å². The largest absolute Gasteiger partial charge is 0.504 e. The van der Waals surface area contributed by atoms with Gasteiger partial charge in [-0.15, -0.1) is 0 Å². The molecule has 4 saturated heterocycles. The number of methoxy groups -OCH3 is 1. The maximum absolute atomic E-state index is 15.6. The van der Waals surface area contributed by atoms with Crippen LogP contribution >= 0.6 is 23.7 Å². The average Bonchev–Trinajstić information content (AvgIpc) is 1.59. The fourth-order valence-corrected chi connectivity index (χ4v) is 18.8. The Labute approximate surface area is 741 Å². The van der Waals surface area contributed by atoms with Gasteiger partial charge in [-0.3, -0.25) is 33.6 Å². The number of aromatic nitrogens is 3. The van der Waals surface area contributed by atoms with Crippen molar-refractivity contribution in [2.24, 2.45) is 5.92 Å². The topological polar surface area (TPSA) is 507 Å².